The van der Waals surface area contributed by atoms with Crippen LogP contribution in [0.5, 0.6) is 5.75 Å². The molecule has 0 saturated carbocycles. The molecule has 0 bridgehead atoms. The van der Waals surface area contributed by atoms with Crippen molar-refractivity contribution in [2.75, 3.05) is 6.61 Å². The van der Waals surface area contributed by atoms with Crippen molar-refractivity contribution in [3.63, 3.8) is 0 Å². The van der Waals surface area contributed by atoms with E-state index in [-0.39, 0.29) is 5.75 Å². The van der Waals surface area contributed by atoms with E-state index < -0.39 is 42.9 Å². The number of ether oxygens (including phenoxy) is 2. The quantitative estimate of drug-likeness (QED) is 0.528. The zero-order valence-electron chi connectivity index (χ0n) is 11.9. The molecule has 0 aliphatic carbocycles. The van der Waals surface area contributed by atoms with Crippen molar-refractivity contribution in [3.8, 4) is 5.75 Å². The molecule has 1 aliphatic rings. The van der Waals surface area contributed by atoms with E-state index in [2.05, 4.69) is 0 Å². The third-order valence-corrected chi connectivity index (χ3v) is 3.70. The Bertz CT molecular complexity index is 740. The molecule has 3 rings (SSSR count). The van der Waals surface area contributed by atoms with Gasteiger partial charge < -0.3 is 34.3 Å². The summed E-state index contributed by atoms with van der Waals surface area (Å²) in [5.74, 6) is 0.233. The normalized spacial score (nSPS) is 31.2. The first-order chi connectivity index (χ1) is 11.0. The van der Waals surface area contributed by atoms with Crippen LogP contribution >= 0.6 is 0 Å². The van der Waals surface area contributed by atoms with Gasteiger partial charge >= 0.3 is 5.63 Å². The van der Waals surface area contributed by atoms with Crippen LogP contribution in [0.2, 0.25) is 0 Å². The van der Waals surface area contributed by atoms with Crippen molar-refractivity contribution in [1.29, 1.82) is 0 Å². The predicted octanol–water partition coefficient (Wildman–Crippen LogP) is -1.03. The summed E-state index contributed by atoms with van der Waals surface area (Å²) in [5.41, 5.74) is -0.220. The molecule has 2 unspecified atom stereocenters. The van der Waals surface area contributed by atoms with Gasteiger partial charge in [-0.15, -0.1) is 0 Å². The molecule has 4 N–H and O–H groups in total. The fraction of sp³-hybridized carbons (Fsp3) is 0.400. The minimum Gasteiger partial charge on any atom is -0.462 e. The van der Waals surface area contributed by atoms with Gasteiger partial charge in [0.2, 0.25) is 6.29 Å². The summed E-state index contributed by atoms with van der Waals surface area (Å²) in [4.78, 5) is 11.2. The van der Waals surface area contributed by atoms with Gasteiger partial charge in [-0.05, 0) is 18.2 Å². The first-order valence-electron chi connectivity index (χ1n) is 7.00. The van der Waals surface area contributed by atoms with Crippen LogP contribution in [0.3, 0.4) is 0 Å². The molecule has 23 heavy (non-hydrogen) atoms. The fourth-order valence-electron chi connectivity index (χ4n) is 2.41. The van der Waals surface area contributed by atoms with Crippen molar-refractivity contribution < 1.29 is 34.3 Å². The van der Waals surface area contributed by atoms with Crippen LogP contribution in [-0.2, 0) is 4.74 Å². The van der Waals surface area contributed by atoms with Crippen LogP contribution in [0, 0.1) is 0 Å². The molecule has 5 atom stereocenters. The molecule has 2 heterocycles. The van der Waals surface area contributed by atoms with Crippen molar-refractivity contribution in [2.45, 2.75) is 30.7 Å². The van der Waals surface area contributed by atoms with E-state index in [0.717, 1.165) is 0 Å². The number of rotatable bonds is 3. The third kappa shape index (κ3) is 3.07. The Kier molecular flexibility index (Phi) is 4.33. The Morgan fingerprint density at radius 2 is 1.78 bits per heavy atom. The number of benzene rings is 1. The van der Waals surface area contributed by atoms with Gasteiger partial charge in [-0.2, -0.15) is 0 Å². The average Bonchev–Trinajstić information content (AvgIpc) is 2.55. The highest BCUT2D eigenvalue weighted by molar-refractivity contribution is 5.77. The molecule has 0 amide bonds. The third-order valence-electron chi connectivity index (χ3n) is 3.70. The zero-order chi connectivity index (χ0) is 16.6. The number of aliphatic hydroxyl groups is 4. The number of hydrogen-bond acceptors (Lipinski definition) is 8. The molecule has 0 spiro atoms. The van der Waals surface area contributed by atoms with Crippen LogP contribution in [0.1, 0.15) is 0 Å². The van der Waals surface area contributed by atoms with Gasteiger partial charge in [-0.25, -0.2) is 4.79 Å². The van der Waals surface area contributed by atoms with Crippen molar-refractivity contribution in [3.05, 3.63) is 40.8 Å². The maximum Gasteiger partial charge on any atom is 0.336 e. The fourth-order valence-corrected chi connectivity index (χ4v) is 2.41. The van der Waals surface area contributed by atoms with Gasteiger partial charge in [0.05, 0.1) is 6.61 Å². The van der Waals surface area contributed by atoms with Crippen LogP contribution < -0.4 is 10.4 Å². The first kappa shape index (κ1) is 15.9. The molecule has 1 fully saturated rings. The second-order valence-corrected chi connectivity index (χ2v) is 5.27. The highest BCUT2D eigenvalue weighted by Gasteiger charge is 2.44. The van der Waals surface area contributed by atoms with E-state index in [1.807, 2.05) is 0 Å². The number of hydrogen-bond donors (Lipinski definition) is 4. The van der Waals surface area contributed by atoms with E-state index >= 15 is 0 Å². The summed E-state index contributed by atoms with van der Waals surface area (Å²) < 4.78 is 15.7. The van der Waals surface area contributed by atoms with Crippen LogP contribution in [0.25, 0.3) is 11.0 Å². The maximum absolute atomic E-state index is 11.2. The lowest BCUT2D eigenvalue weighted by Crippen LogP contribution is -2.60. The summed E-state index contributed by atoms with van der Waals surface area (Å²) in [6.45, 7) is -0.544. The summed E-state index contributed by atoms with van der Waals surface area (Å²) in [6.07, 6.45) is -6.84. The standard InChI is InChI=1S/C15H16O8/c16-6-10-12(18)13(19)14(20)15(23-10)21-8-3-1-7-2-4-11(17)22-9(7)5-8/h1-5,10,12-16,18-20H,6H2/t10?,12-,13+,14-,15?/m1/s1. The van der Waals surface area contributed by atoms with Gasteiger partial charge in [0.15, 0.2) is 0 Å². The summed E-state index contributed by atoms with van der Waals surface area (Å²) in [5, 5.41) is 39.2. The van der Waals surface area contributed by atoms with Gasteiger partial charge in [0, 0.05) is 17.5 Å². The molecule has 1 aromatic heterocycles. The SMILES string of the molecule is O=c1ccc2ccc(OC3OC(CO)[C@@H](O)[C@H](O)[C@H]3O)cc2o1. The molecule has 1 aromatic carbocycles. The van der Waals surface area contributed by atoms with Gasteiger partial charge in [0.25, 0.3) is 0 Å². The largest absolute Gasteiger partial charge is 0.462 e. The summed E-state index contributed by atoms with van der Waals surface area (Å²) >= 11 is 0. The summed E-state index contributed by atoms with van der Waals surface area (Å²) in [7, 11) is 0. The van der Waals surface area contributed by atoms with Crippen LogP contribution in [-0.4, -0.2) is 57.7 Å². The van der Waals surface area contributed by atoms with Crippen molar-refractivity contribution >= 4 is 11.0 Å². The van der Waals surface area contributed by atoms with Crippen molar-refractivity contribution in [2.24, 2.45) is 0 Å². The molecule has 124 valence electrons. The van der Waals surface area contributed by atoms with Gasteiger partial charge in [-0.3, -0.25) is 0 Å². The maximum atomic E-state index is 11.2. The first-order valence-corrected chi connectivity index (χ1v) is 7.00. The average molecular weight is 324 g/mol. The minimum atomic E-state index is -1.52. The van der Waals surface area contributed by atoms with Crippen molar-refractivity contribution in [1.82, 2.24) is 0 Å². The van der Waals surface area contributed by atoms with Crippen LogP contribution in [0.4, 0.5) is 0 Å². The monoisotopic (exact) mass is 324 g/mol. The van der Waals surface area contributed by atoms with E-state index in [0.29, 0.717) is 11.0 Å². The predicted molar refractivity (Wildman–Crippen MR) is 76.9 cm³/mol. The smallest absolute Gasteiger partial charge is 0.336 e. The molecule has 0 radical (unpaired) electrons. The van der Waals surface area contributed by atoms with E-state index in [1.54, 1.807) is 18.2 Å². The Morgan fingerprint density at radius 3 is 2.52 bits per heavy atom. The Balaban J connectivity index is 1.84. The molecule has 8 nitrogen and oxygen atoms in total. The minimum absolute atomic E-state index is 0.233. The molecule has 1 saturated heterocycles. The van der Waals surface area contributed by atoms with Gasteiger partial charge in [-0.1, -0.05) is 0 Å². The Hall–Kier alpha value is -1.97. The van der Waals surface area contributed by atoms with E-state index in [9.17, 15) is 20.1 Å². The molecule has 1 aliphatic heterocycles. The number of aliphatic hydroxyl groups excluding tert-OH is 4. The Morgan fingerprint density at radius 1 is 1.04 bits per heavy atom. The highest BCUT2D eigenvalue weighted by atomic mass is 16.7. The molecular formula is C15H16O8. The second kappa shape index (κ2) is 6.26. The number of fused-ring (bicyclic) bond motifs is 1. The zero-order valence-corrected chi connectivity index (χ0v) is 11.9. The molecule has 2 aromatic rings. The topological polar surface area (TPSA) is 130 Å². The second-order valence-electron chi connectivity index (χ2n) is 5.27. The highest BCUT2D eigenvalue weighted by Crippen LogP contribution is 2.26. The van der Waals surface area contributed by atoms with Crippen LogP contribution in [0.15, 0.2) is 39.5 Å². The lowest BCUT2D eigenvalue weighted by molar-refractivity contribution is -0.277. The lowest BCUT2D eigenvalue weighted by Gasteiger charge is -2.39. The van der Waals surface area contributed by atoms with E-state index in [4.69, 9.17) is 19.0 Å². The molecule has 8 heteroatoms. The molecular weight excluding hydrogens is 308 g/mol. The Labute approximate surface area is 130 Å². The van der Waals surface area contributed by atoms with E-state index in [1.165, 1.54) is 12.1 Å². The van der Waals surface area contributed by atoms with Gasteiger partial charge in [0.1, 0.15) is 35.7 Å². The summed E-state index contributed by atoms with van der Waals surface area (Å²) in [6, 6.07) is 7.55. The lowest BCUT2D eigenvalue weighted by atomic mass is 9.99.